The van der Waals surface area contributed by atoms with Crippen LogP contribution in [0.25, 0.3) is 6.08 Å². The second-order valence-corrected chi connectivity index (χ2v) is 5.08. The van der Waals surface area contributed by atoms with E-state index in [0.717, 1.165) is 11.3 Å². The molecule has 0 aromatic heterocycles. The van der Waals surface area contributed by atoms with Gasteiger partial charge in [-0.25, -0.2) is 5.01 Å². The van der Waals surface area contributed by atoms with Crippen LogP contribution in [0.2, 0.25) is 0 Å². The molecule has 1 heterocycles. The molecular weight excluding hydrogens is 274 g/mol. The number of hydrogen-bond donors (Lipinski definition) is 0. The average molecular weight is 291 g/mol. The van der Waals surface area contributed by atoms with Crippen LogP contribution in [-0.4, -0.2) is 23.8 Å². The zero-order valence-electron chi connectivity index (χ0n) is 12.6. The van der Waals surface area contributed by atoms with Crippen LogP contribution in [0.15, 0.2) is 71.4 Å². The van der Waals surface area contributed by atoms with E-state index >= 15 is 0 Å². The van der Waals surface area contributed by atoms with Crippen LogP contribution < -0.4 is 5.01 Å². The molecule has 0 bridgehead atoms. The average Bonchev–Trinajstić information content (AvgIpc) is 2.53. The summed E-state index contributed by atoms with van der Waals surface area (Å²) in [5.41, 5.74) is 2.49. The van der Waals surface area contributed by atoms with Gasteiger partial charge in [-0.1, -0.05) is 48.5 Å². The van der Waals surface area contributed by atoms with Gasteiger partial charge in [0.15, 0.2) is 0 Å². The maximum atomic E-state index is 12.3. The van der Waals surface area contributed by atoms with E-state index in [2.05, 4.69) is 4.99 Å². The molecule has 0 atom stereocenters. The van der Waals surface area contributed by atoms with E-state index in [1.54, 1.807) is 0 Å². The number of likely N-dealkylation sites (N-methyl/N-ethyl adjacent to an activating group) is 1. The van der Waals surface area contributed by atoms with Crippen molar-refractivity contribution in [3.63, 3.8) is 0 Å². The largest absolute Gasteiger partial charge is 0.296 e. The van der Waals surface area contributed by atoms with Crippen LogP contribution in [0.5, 0.6) is 0 Å². The van der Waals surface area contributed by atoms with Gasteiger partial charge in [-0.3, -0.25) is 9.80 Å². The van der Waals surface area contributed by atoms with Gasteiger partial charge in [0.05, 0.1) is 5.69 Å². The minimum Gasteiger partial charge on any atom is -0.277 e. The topological polar surface area (TPSA) is 35.9 Å². The fraction of sp³-hybridized carbons (Fsp3) is 0.111. The van der Waals surface area contributed by atoms with Crippen LogP contribution in [0, 0.1) is 0 Å². The molecule has 2 aromatic carbocycles. The van der Waals surface area contributed by atoms with Gasteiger partial charge < -0.3 is 0 Å². The van der Waals surface area contributed by atoms with Crippen molar-refractivity contribution < 1.29 is 4.79 Å². The van der Waals surface area contributed by atoms with Crippen LogP contribution in [-0.2, 0) is 4.79 Å². The Morgan fingerprint density at radius 1 is 0.955 bits per heavy atom. The van der Waals surface area contributed by atoms with E-state index in [9.17, 15) is 4.79 Å². The number of hydrogen-bond acceptors (Lipinski definition) is 3. The fourth-order valence-corrected chi connectivity index (χ4v) is 2.51. The number of hydrazine groups is 1. The Bertz CT molecular complexity index is 735. The van der Waals surface area contributed by atoms with Crippen LogP contribution in [0.3, 0.4) is 0 Å². The molecule has 22 heavy (non-hydrogen) atoms. The Balaban J connectivity index is 2.03. The second kappa shape index (κ2) is 5.85. The second-order valence-electron chi connectivity index (χ2n) is 5.08. The van der Waals surface area contributed by atoms with Crippen molar-refractivity contribution >= 4 is 23.5 Å². The first-order chi connectivity index (χ1) is 10.7. The smallest absolute Gasteiger partial charge is 0.277 e. The number of carbonyl (C=O) groups is 1. The summed E-state index contributed by atoms with van der Waals surface area (Å²) >= 11 is 0. The Morgan fingerprint density at radius 2 is 1.55 bits per heavy atom. The highest BCUT2D eigenvalue weighted by Crippen LogP contribution is 2.24. The van der Waals surface area contributed by atoms with Crippen LogP contribution in [0.1, 0.15) is 12.5 Å². The number of rotatable bonds is 2. The molecule has 0 unspecified atom stereocenters. The standard InChI is InChI=1S/C18H17N3O/c1-14-19-18(22)17(13-15-9-5-3-6-10-15)20(2)21(14)16-11-7-4-8-12-16/h3-13H,1-2H3. The van der Waals surface area contributed by atoms with Crippen LogP contribution >= 0.6 is 0 Å². The third-order valence-corrected chi connectivity index (χ3v) is 3.54. The molecule has 0 aliphatic carbocycles. The monoisotopic (exact) mass is 291 g/mol. The van der Waals surface area contributed by atoms with Gasteiger partial charge in [-0.15, -0.1) is 0 Å². The first-order valence-electron chi connectivity index (χ1n) is 7.12. The molecule has 1 aliphatic rings. The number of benzene rings is 2. The Hall–Kier alpha value is -2.88. The van der Waals surface area contributed by atoms with Gasteiger partial charge >= 0.3 is 0 Å². The highest BCUT2D eigenvalue weighted by molar-refractivity contribution is 6.12. The SMILES string of the molecule is CC1=NC(=O)C(=Cc2ccccc2)N(C)N1c1ccccc1. The van der Waals surface area contributed by atoms with Crippen molar-refractivity contribution in [3.05, 3.63) is 71.9 Å². The number of carbonyl (C=O) groups excluding carboxylic acids is 1. The Morgan fingerprint density at radius 3 is 2.18 bits per heavy atom. The number of anilines is 1. The molecule has 0 fully saturated rings. The lowest BCUT2D eigenvalue weighted by Crippen LogP contribution is -2.48. The molecule has 110 valence electrons. The first-order valence-corrected chi connectivity index (χ1v) is 7.12. The van der Waals surface area contributed by atoms with Crippen molar-refractivity contribution in [3.8, 4) is 0 Å². The highest BCUT2D eigenvalue weighted by atomic mass is 16.2. The van der Waals surface area contributed by atoms with Gasteiger partial charge in [0.1, 0.15) is 11.5 Å². The summed E-state index contributed by atoms with van der Waals surface area (Å²) in [4.78, 5) is 16.4. The van der Waals surface area contributed by atoms with Gasteiger partial charge in [0.2, 0.25) is 0 Å². The molecule has 0 saturated heterocycles. The van der Waals surface area contributed by atoms with E-state index < -0.39 is 0 Å². The van der Waals surface area contributed by atoms with E-state index in [-0.39, 0.29) is 5.91 Å². The van der Waals surface area contributed by atoms with E-state index in [0.29, 0.717) is 11.5 Å². The normalized spacial score (nSPS) is 16.9. The van der Waals surface area contributed by atoms with Gasteiger partial charge in [-0.2, -0.15) is 4.99 Å². The molecule has 0 N–H and O–H groups in total. The molecule has 0 radical (unpaired) electrons. The van der Waals surface area contributed by atoms with Gasteiger partial charge in [0, 0.05) is 7.05 Å². The number of para-hydroxylation sites is 1. The lowest BCUT2D eigenvalue weighted by atomic mass is 10.2. The Labute approximate surface area is 130 Å². The molecule has 4 nitrogen and oxygen atoms in total. The molecule has 1 amide bonds. The summed E-state index contributed by atoms with van der Waals surface area (Å²) in [6.45, 7) is 1.83. The molecule has 0 spiro atoms. The fourth-order valence-electron chi connectivity index (χ4n) is 2.51. The van der Waals surface area contributed by atoms with Crippen LogP contribution in [0.4, 0.5) is 5.69 Å². The molecule has 2 aromatic rings. The number of nitrogens with zero attached hydrogens (tertiary/aromatic N) is 3. The van der Waals surface area contributed by atoms with E-state index in [4.69, 9.17) is 0 Å². The summed E-state index contributed by atoms with van der Waals surface area (Å²) in [6.07, 6.45) is 1.86. The minimum absolute atomic E-state index is 0.226. The summed E-state index contributed by atoms with van der Waals surface area (Å²) < 4.78 is 0. The van der Waals surface area contributed by atoms with Gasteiger partial charge in [0.25, 0.3) is 5.91 Å². The van der Waals surface area contributed by atoms with Crippen molar-refractivity contribution in [2.45, 2.75) is 6.92 Å². The predicted octanol–water partition coefficient (Wildman–Crippen LogP) is 3.34. The Kier molecular flexibility index (Phi) is 3.74. The minimum atomic E-state index is -0.226. The van der Waals surface area contributed by atoms with Crippen molar-refractivity contribution in [2.75, 3.05) is 12.1 Å². The third kappa shape index (κ3) is 2.63. The summed E-state index contributed by atoms with van der Waals surface area (Å²) in [6, 6.07) is 19.7. The maximum Gasteiger partial charge on any atom is 0.296 e. The maximum absolute atomic E-state index is 12.3. The zero-order valence-corrected chi connectivity index (χ0v) is 12.6. The molecule has 3 rings (SSSR count). The zero-order chi connectivity index (χ0) is 15.5. The lowest BCUT2D eigenvalue weighted by Gasteiger charge is -2.38. The molecular formula is C18H17N3O. The summed E-state index contributed by atoms with van der Waals surface area (Å²) in [7, 11) is 1.87. The van der Waals surface area contributed by atoms with Crippen molar-refractivity contribution in [1.82, 2.24) is 5.01 Å². The molecule has 4 heteroatoms. The molecule has 1 aliphatic heterocycles. The van der Waals surface area contributed by atoms with E-state index in [1.165, 1.54) is 0 Å². The highest BCUT2D eigenvalue weighted by Gasteiger charge is 2.27. The van der Waals surface area contributed by atoms with E-state index in [1.807, 2.05) is 90.7 Å². The predicted molar refractivity (Wildman–Crippen MR) is 89.2 cm³/mol. The third-order valence-electron chi connectivity index (χ3n) is 3.54. The number of aliphatic imine (C=N–C) groups is 1. The lowest BCUT2D eigenvalue weighted by molar-refractivity contribution is -0.116. The number of amides is 1. The quantitative estimate of drug-likeness (QED) is 0.796. The summed E-state index contributed by atoms with van der Waals surface area (Å²) in [5.74, 6) is 0.431. The number of amidine groups is 1. The first kappa shape index (κ1) is 14.1. The molecule has 0 saturated carbocycles. The van der Waals surface area contributed by atoms with Crippen molar-refractivity contribution in [2.24, 2.45) is 4.99 Å². The summed E-state index contributed by atoms with van der Waals surface area (Å²) in [5, 5.41) is 3.77. The van der Waals surface area contributed by atoms with Gasteiger partial charge in [-0.05, 0) is 30.7 Å². The van der Waals surface area contributed by atoms with Crippen molar-refractivity contribution in [1.29, 1.82) is 0 Å².